The minimum absolute atomic E-state index is 0.438. The number of hydrogen-bond acceptors (Lipinski definition) is 3. The number of halogens is 3. The van der Waals surface area contributed by atoms with Gasteiger partial charge in [0.15, 0.2) is 17.5 Å². The average molecular weight is 695 g/mol. The van der Waals surface area contributed by atoms with Crippen molar-refractivity contribution in [3.8, 4) is 62.1 Å². The molecule has 0 aliphatic heterocycles. The molecule has 9 aromatic rings. The zero-order chi connectivity index (χ0) is 35.9. The van der Waals surface area contributed by atoms with Crippen molar-refractivity contribution in [2.75, 3.05) is 0 Å². The first-order valence-corrected chi connectivity index (χ1v) is 17.2. The van der Waals surface area contributed by atoms with Crippen molar-refractivity contribution in [1.29, 1.82) is 0 Å². The van der Waals surface area contributed by atoms with E-state index in [1.54, 1.807) is 0 Å². The van der Waals surface area contributed by atoms with E-state index in [-0.39, 0.29) is 0 Å². The van der Waals surface area contributed by atoms with Gasteiger partial charge in [0.25, 0.3) is 0 Å². The Morgan fingerprint density at radius 3 is 1.47 bits per heavy atom. The van der Waals surface area contributed by atoms with Crippen LogP contribution < -0.4 is 0 Å². The quantitative estimate of drug-likeness (QED) is 0.174. The highest BCUT2D eigenvalue weighted by atomic mass is 19.4. The second-order valence-corrected chi connectivity index (χ2v) is 12.8. The van der Waals surface area contributed by atoms with Gasteiger partial charge in [0.2, 0.25) is 0 Å². The summed E-state index contributed by atoms with van der Waals surface area (Å²) in [4.78, 5) is 15.1. The topological polar surface area (TPSA) is 43.6 Å². The van der Waals surface area contributed by atoms with Crippen LogP contribution in [0.25, 0.3) is 83.9 Å². The Morgan fingerprint density at radius 1 is 0.377 bits per heavy atom. The van der Waals surface area contributed by atoms with Crippen molar-refractivity contribution in [2.24, 2.45) is 0 Å². The molecule has 0 aliphatic carbocycles. The van der Waals surface area contributed by atoms with Crippen LogP contribution in [-0.4, -0.2) is 19.5 Å². The van der Waals surface area contributed by atoms with E-state index in [1.807, 2.05) is 109 Å². The van der Waals surface area contributed by atoms with Gasteiger partial charge in [-0.05, 0) is 64.7 Å². The average Bonchev–Trinajstić information content (AvgIpc) is 3.54. The lowest BCUT2D eigenvalue weighted by molar-refractivity contribution is -0.137. The molecule has 53 heavy (non-hydrogen) atoms. The monoisotopic (exact) mass is 694 g/mol. The van der Waals surface area contributed by atoms with Crippen molar-refractivity contribution in [3.05, 3.63) is 181 Å². The first kappa shape index (κ1) is 32.1. The van der Waals surface area contributed by atoms with E-state index in [4.69, 9.17) is 15.0 Å². The van der Waals surface area contributed by atoms with Crippen molar-refractivity contribution >= 4 is 21.8 Å². The molecule has 7 heteroatoms. The Balaban J connectivity index is 1.32. The standard InChI is InChI=1S/C46H29F3N4/c47-46(48,49)36-24-20-31(21-25-36)35-23-27-42(53-40-19-11-10-18-37(40)38-28-34(22-26-41(38)53)30-12-4-1-5-13-30)39(29-35)45-51-43(32-14-6-2-7-15-32)50-44(52-45)33-16-8-3-9-17-33/h1-29H. The van der Waals surface area contributed by atoms with Crippen molar-refractivity contribution < 1.29 is 13.2 Å². The maximum absolute atomic E-state index is 13.5. The molecule has 4 nitrogen and oxygen atoms in total. The van der Waals surface area contributed by atoms with Gasteiger partial charge >= 0.3 is 6.18 Å². The lowest BCUT2D eigenvalue weighted by Crippen LogP contribution is -2.05. The second-order valence-electron chi connectivity index (χ2n) is 12.8. The van der Waals surface area contributed by atoms with E-state index in [0.717, 1.165) is 67.4 Å². The summed E-state index contributed by atoms with van der Waals surface area (Å²) >= 11 is 0. The van der Waals surface area contributed by atoms with Crippen LogP contribution in [0, 0.1) is 0 Å². The molecule has 0 N–H and O–H groups in total. The SMILES string of the molecule is FC(F)(F)c1ccc(-c2ccc(-n3c4ccccc4c4cc(-c5ccccc5)ccc43)c(-c3nc(-c4ccccc4)nc(-c4ccccc4)n3)c2)cc1. The largest absolute Gasteiger partial charge is 0.416 e. The van der Waals surface area contributed by atoms with E-state index < -0.39 is 11.7 Å². The summed E-state index contributed by atoms with van der Waals surface area (Å²) in [5.74, 6) is 1.46. The summed E-state index contributed by atoms with van der Waals surface area (Å²) in [5.41, 5.74) is 8.09. The molecule has 0 fully saturated rings. The first-order valence-electron chi connectivity index (χ1n) is 17.2. The smallest absolute Gasteiger partial charge is 0.309 e. The summed E-state index contributed by atoms with van der Waals surface area (Å²) in [5, 5.41) is 2.17. The zero-order valence-electron chi connectivity index (χ0n) is 28.2. The molecule has 2 aromatic heterocycles. The van der Waals surface area contributed by atoms with Crippen molar-refractivity contribution in [1.82, 2.24) is 19.5 Å². The third-order valence-electron chi connectivity index (χ3n) is 9.50. The third kappa shape index (κ3) is 6.02. The second kappa shape index (κ2) is 13.0. The maximum atomic E-state index is 13.5. The van der Waals surface area contributed by atoms with Crippen LogP contribution >= 0.6 is 0 Å². The van der Waals surface area contributed by atoms with Gasteiger partial charge in [0.1, 0.15) is 0 Å². The summed E-state index contributed by atoms with van der Waals surface area (Å²) < 4.78 is 42.8. The fourth-order valence-corrected chi connectivity index (χ4v) is 6.91. The van der Waals surface area contributed by atoms with Gasteiger partial charge in [-0.1, -0.05) is 133 Å². The van der Waals surface area contributed by atoms with E-state index >= 15 is 0 Å². The molecule has 0 radical (unpaired) electrons. The number of para-hydroxylation sites is 1. The highest BCUT2D eigenvalue weighted by Crippen LogP contribution is 2.40. The summed E-state index contributed by atoms with van der Waals surface area (Å²) in [7, 11) is 0. The zero-order valence-corrected chi connectivity index (χ0v) is 28.2. The van der Waals surface area contributed by atoms with Crippen LogP contribution in [0.2, 0.25) is 0 Å². The van der Waals surface area contributed by atoms with Gasteiger partial charge in [-0.25, -0.2) is 15.0 Å². The minimum atomic E-state index is -4.43. The van der Waals surface area contributed by atoms with Crippen molar-refractivity contribution in [2.45, 2.75) is 6.18 Å². The molecular formula is C46H29F3N4. The van der Waals surface area contributed by atoms with Crippen LogP contribution in [0.4, 0.5) is 13.2 Å². The predicted molar refractivity (Wildman–Crippen MR) is 206 cm³/mol. The van der Waals surface area contributed by atoms with Crippen LogP contribution in [0.15, 0.2) is 176 Å². The number of hydrogen-bond donors (Lipinski definition) is 0. The summed E-state index contributed by atoms with van der Waals surface area (Å²) in [6.45, 7) is 0. The normalized spacial score (nSPS) is 11.7. The molecule has 0 saturated carbocycles. The number of rotatable bonds is 6. The third-order valence-corrected chi connectivity index (χ3v) is 9.50. The Hall–Kier alpha value is -6.86. The van der Waals surface area contributed by atoms with Gasteiger partial charge < -0.3 is 4.57 Å². The molecule has 0 amide bonds. The van der Waals surface area contributed by atoms with Crippen LogP contribution in [0.5, 0.6) is 0 Å². The molecule has 7 aromatic carbocycles. The van der Waals surface area contributed by atoms with E-state index in [0.29, 0.717) is 28.6 Å². The van der Waals surface area contributed by atoms with Gasteiger partial charge in [0, 0.05) is 27.5 Å². The van der Waals surface area contributed by atoms with Crippen LogP contribution in [0.3, 0.4) is 0 Å². The molecule has 0 spiro atoms. The van der Waals surface area contributed by atoms with Gasteiger partial charge in [-0.2, -0.15) is 13.2 Å². The minimum Gasteiger partial charge on any atom is -0.309 e. The molecule has 9 rings (SSSR count). The number of fused-ring (bicyclic) bond motifs is 3. The maximum Gasteiger partial charge on any atom is 0.416 e. The van der Waals surface area contributed by atoms with Crippen LogP contribution in [-0.2, 0) is 6.18 Å². The fourth-order valence-electron chi connectivity index (χ4n) is 6.91. The van der Waals surface area contributed by atoms with Gasteiger partial charge in [0.05, 0.1) is 22.3 Å². The molecule has 254 valence electrons. The molecule has 0 bridgehead atoms. The molecule has 0 aliphatic rings. The Bertz CT molecular complexity index is 2680. The number of benzene rings is 7. The number of aromatic nitrogens is 4. The van der Waals surface area contributed by atoms with E-state index in [9.17, 15) is 13.2 Å². The van der Waals surface area contributed by atoms with Crippen LogP contribution in [0.1, 0.15) is 5.56 Å². The lowest BCUT2D eigenvalue weighted by atomic mass is 9.99. The number of alkyl halides is 3. The van der Waals surface area contributed by atoms with Gasteiger partial charge in [-0.3, -0.25) is 0 Å². The highest BCUT2D eigenvalue weighted by molar-refractivity contribution is 6.11. The fraction of sp³-hybridized carbons (Fsp3) is 0.0217. The Labute approximate surface area is 303 Å². The van der Waals surface area contributed by atoms with E-state index in [1.165, 1.54) is 12.1 Å². The lowest BCUT2D eigenvalue weighted by Gasteiger charge is -2.16. The molecule has 0 unspecified atom stereocenters. The molecule has 0 saturated heterocycles. The van der Waals surface area contributed by atoms with E-state index in [2.05, 4.69) is 47.0 Å². The molecule has 2 heterocycles. The summed E-state index contributed by atoms with van der Waals surface area (Å²) in [6.07, 6.45) is -4.43. The predicted octanol–water partition coefficient (Wildman–Crippen LogP) is 12.3. The molecule has 0 atom stereocenters. The Kier molecular flexibility index (Phi) is 7.89. The number of nitrogens with zero attached hydrogens (tertiary/aromatic N) is 4. The highest BCUT2D eigenvalue weighted by Gasteiger charge is 2.30. The first-order chi connectivity index (χ1) is 25.9. The molecular weight excluding hydrogens is 666 g/mol. The Morgan fingerprint density at radius 2 is 0.849 bits per heavy atom. The van der Waals surface area contributed by atoms with Gasteiger partial charge in [-0.15, -0.1) is 0 Å². The van der Waals surface area contributed by atoms with Crippen molar-refractivity contribution in [3.63, 3.8) is 0 Å². The summed E-state index contributed by atoms with van der Waals surface area (Å²) in [6, 6.07) is 55.8.